The van der Waals surface area contributed by atoms with Gasteiger partial charge in [-0.25, -0.2) is 9.78 Å². The average molecular weight is 444 g/mol. The number of hydrogen-bond donors (Lipinski definition) is 0. The Hall–Kier alpha value is -3.47. The molecule has 0 N–H and O–H groups in total. The van der Waals surface area contributed by atoms with Crippen molar-refractivity contribution in [2.24, 2.45) is 11.8 Å². The van der Waals surface area contributed by atoms with Crippen molar-refractivity contribution in [3.05, 3.63) is 77.5 Å². The molecule has 170 valence electrons. The van der Waals surface area contributed by atoms with Crippen molar-refractivity contribution in [2.45, 2.75) is 39.5 Å². The summed E-state index contributed by atoms with van der Waals surface area (Å²) < 4.78 is 10.9. The molecule has 0 radical (unpaired) electrons. The molecule has 0 bridgehead atoms. The number of ether oxygens (including phenoxy) is 2. The summed E-state index contributed by atoms with van der Waals surface area (Å²) in [6, 6.07) is 17.0. The Morgan fingerprint density at radius 2 is 1.79 bits per heavy atom. The molecular weight excluding hydrogens is 414 g/mol. The summed E-state index contributed by atoms with van der Waals surface area (Å²) in [5.74, 6) is 1.47. The van der Waals surface area contributed by atoms with Crippen LogP contribution in [0.2, 0.25) is 0 Å². The maximum atomic E-state index is 12.9. The van der Waals surface area contributed by atoms with E-state index in [1.165, 1.54) is 0 Å². The van der Waals surface area contributed by atoms with Gasteiger partial charge in [-0.3, -0.25) is 4.79 Å². The number of nitrogens with zero attached hydrogens (tertiary/aromatic N) is 1. The number of methoxy groups -OCH3 is 1. The van der Waals surface area contributed by atoms with Crippen molar-refractivity contribution in [3.63, 3.8) is 0 Å². The van der Waals surface area contributed by atoms with Crippen molar-refractivity contribution < 1.29 is 19.1 Å². The maximum Gasteiger partial charge on any atom is 0.343 e. The zero-order chi connectivity index (χ0) is 23.5. The molecular formula is C28H29NO4. The third-order valence-corrected chi connectivity index (χ3v) is 6.49. The van der Waals surface area contributed by atoms with Crippen LogP contribution in [0, 0.1) is 18.8 Å². The largest absolute Gasteiger partial charge is 0.481 e. The highest BCUT2D eigenvalue weighted by Crippen LogP contribution is 2.47. The topological polar surface area (TPSA) is 65.5 Å². The molecule has 4 rings (SSSR count). The second kappa shape index (κ2) is 9.57. The van der Waals surface area contributed by atoms with E-state index in [4.69, 9.17) is 9.47 Å². The van der Waals surface area contributed by atoms with E-state index in [1.54, 1.807) is 32.4 Å². The Morgan fingerprint density at radius 3 is 2.45 bits per heavy atom. The fraction of sp³-hybridized carbons (Fsp3) is 0.321. The van der Waals surface area contributed by atoms with Crippen LogP contribution in [0.5, 0.6) is 11.6 Å². The molecule has 5 heteroatoms. The second-order valence-corrected chi connectivity index (χ2v) is 8.84. The summed E-state index contributed by atoms with van der Waals surface area (Å²) in [6.45, 7) is 5.54. The number of esters is 1. The number of ketones is 1. The van der Waals surface area contributed by atoms with Crippen LogP contribution in [-0.2, 0) is 4.79 Å². The smallest absolute Gasteiger partial charge is 0.343 e. The van der Waals surface area contributed by atoms with Gasteiger partial charge in [0, 0.05) is 18.2 Å². The van der Waals surface area contributed by atoms with Crippen LogP contribution in [0.4, 0.5) is 0 Å². The lowest BCUT2D eigenvalue weighted by molar-refractivity contribution is -0.121. The van der Waals surface area contributed by atoms with Crippen LogP contribution < -0.4 is 9.47 Å². The first-order valence-corrected chi connectivity index (χ1v) is 11.3. The van der Waals surface area contributed by atoms with Crippen LogP contribution in [0.25, 0.3) is 11.1 Å². The van der Waals surface area contributed by atoms with Crippen molar-refractivity contribution in [1.82, 2.24) is 4.98 Å². The zero-order valence-corrected chi connectivity index (χ0v) is 19.5. The van der Waals surface area contributed by atoms with Gasteiger partial charge in [0.25, 0.3) is 0 Å². The Balaban J connectivity index is 1.54. The molecule has 0 aliphatic heterocycles. The fourth-order valence-corrected chi connectivity index (χ4v) is 4.40. The van der Waals surface area contributed by atoms with Gasteiger partial charge in [0.15, 0.2) is 0 Å². The van der Waals surface area contributed by atoms with E-state index in [1.807, 2.05) is 56.3 Å². The summed E-state index contributed by atoms with van der Waals surface area (Å²) in [7, 11) is 1.58. The number of hydrogen-bond acceptors (Lipinski definition) is 5. The van der Waals surface area contributed by atoms with Crippen LogP contribution in [0.3, 0.4) is 0 Å². The van der Waals surface area contributed by atoms with Crippen molar-refractivity contribution in [3.8, 4) is 22.8 Å². The summed E-state index contributed by atoms with van der Waals surface area (Å²) in [4.78, 5) is 29.1. The van der Waals surface area contributed by atoms with Gasteiger partial charge in [-0.2, -0.15) is 0 Å². The molecule has 0 spiro atoms. The minimum atomic E-state index is -0.397. The molecule has 33 heavy (non-hydrogen) atoms. The minimum absolute atomic E-state index is 0.0509. The fourth-order valence-electron chi connectivity index (χ4n) is 4.40. The van der Waals surface area contributed by atoms with Crippen LogP contribution in [-0.4, -0.2) is 23.8 Å². The number of aryl methyl sites for hydroxylation is 1. The quantitative estimate of drug-likeness (QED) is 0.315. The van der Waals surface area contributed by atoms with E-state index < -0.39 is 5.97 Å². The Labute approximate surface area is 194 Å². The molecule has 1 aliphatic rings. The molecule has 3 aromatic rings. The normalized spacial score (nSPS) is 14.9. The van der Waals surface area contributed by atoms with E-state index in [0.717, 1.165) is 35.1 Å². The van der Waals surface area contributed by atoms with Crippen LogP contribution in [0.1, 0.15) is 54.1 Å². The Morgan fingerprint density at radius 1 is 1.03 bits per heavy atom. The van der Waals surface area contributed by atoms with Gasteiger partial charge in [0.05, 0.1) is 12.7 Å². The standard InChI is InChI=1S/C28H29NO4/c1-17-14-21(22-12-13-29-26(16-22)32-4)10-11-25(17)28(31)33-24-7-5-6-23(15-24)27(20-8-9-20)18(2)19(3)30/h5-7,10-16,18,20,27H,8-9H2,1-4H3/t18-,27+/m1/s1. The number of Topliss-reactive ketones (excluding diaryl/α,β-unsaturated/α-hetero) is 1. The molecule has 5 nitrogen and oxygen atoms in total. The van der Waals surface area contributed by atoms with E-state index in [9.17, 15) is 9.59 Å². The van der Waals surface area contributed by atoms with Crippen LogP contribution >= 0.6 is 0 Å². The van der Waals surface area contributed by atoms with E-state index in [-0.39, 0.29) is 17.6 Å². The molecule has 1 heterocycles. The lowest BCUT2D eigenvalue weighted by Gasteiger charge is -2.22. The molecule has 1 aromatic heterocycles. The number of carbonyl (C=O) groups is 2. The van der Waals surface area contributed by atoms with Gasteiger partial charge in [-0.15, -0.1) is 0 Å². The van der Waals surface area contributed by atoms with Gasteiger partial charge < -0.3 is 9.47 Å². The summed E-state index contributed by atoms with van der Waals surface area (Å²) in [6.07, 6.45) is 3.98. The number of benzene rings is 2. The summed E-state index contributed by atoms with van der Waals surface area (Å²) in [5.41, 5.74) is 4.33. The van der Waals surface area contributed by atoms with Crippen LogP contribution in [0.15, 0.2) is 60.8 Å². The predicted molar refractivity (Wildman–Crippen MR) is 128 cm³/mol. The third kappa shape index (κ3) is 5.14. The van der Waals surface area contributed by atoms with Gasteiger partial charge in [-0.1, -0.05) is 31.2 Å². The van der Waals surface area contributed by atoms with E-state index >= 15 is 0 Å². The molecule has 0 unspecified atom stereocenters. The predicted octanol–water partition coefficient (Wildman–Crippen LogP) is 6.00. The second-order valence-electron chi connectivity index (χ2n) is 8.84. The first-order chi connectivity index (χ1) is 15.9. The van der Waals surface area contributed by atoms with Gasteiger partial charge >= 0.3 is 5.97 Å². The van der Waals surface area contributed by atoms with Crippen molar-refractivity contribution >= 4 is 11.8 Å². The molecule has 1 fully saturated rings. The molecule has 2 atom stereocenters. The Kier molecular flexibility index (Phi) is 6.59. The first-order valence-electron chi connectivity index (χ1n) is 11.3. The highest BCUT2D eigenvalue weighted by molar-refractivity contribution is 5.93. The summed E-state index contributed by atoms with van der Waals surface area (Å²) in [5, 5.41) is 0. The SMILES string of the molecule is COc1cc(-c2ccc(C(=O)Oc3cccc([C@H](C4CC4)[C@H](C)C(C)=O)c3)c(C)c2)ccn1. The van der Waals surface area contributed by atoms with Crippen molar-refractivity contribution in [1.29, 1.82) is 0 Å². The highest BCUT2D eigenvalue weighted by atomic mass is 16.5. The molecule has 0 amide bonds. The van der Waals surface area contributed by atoms with E-state index in [0.29, 0.717) is 23.1 Å². The number of pyridine rings is 1. The monoisotopic (exact) mass is 443 g/mol. The number of carbonyl (C=O) groups excluding carboxylic acids is 2. The Bertz CT molecular complexity index is 1180. The van der Waals surface area contributed by atoms with Gasteiger partial charge in [-0.05, 0) is 85.0 Å². The van der Waals surface area contributed by atoms with E-state index in [2.05, 4.69) is 4.98 Å². The third-order valence-electron chi connectivity index (χ3n) is 6.49. The number of rotatable bonds is 8. The zero-order valence-electron chi connectivity index (χ0n) is 19.5. The maximum absolute atomic E-state index is 12.9. The molecule has 1 saturated carbocycles. The van der Waals surface area contributed by atoms with Crippen molar-refractivity contribution in [2.75, 3.05) is 7.11 Å². The molecule has 2 aromatic carbocycles. The first kappa shape index (κ1) is 22.7. The number of aromatic nitrogens is 1. The summed E-state index contributed by atoms with van der Waals surface area (Å²) >= 11 is 0. The molecule has 1 aliphatic carbocycles. The minimum Gasteiger partial charge on any atom is -0.481 e. The van der Waals surface area contributed by atoms with Gasteiger partial charge in [0.1, 0.15) is 11.5 Å². The lowest BCUT2D eigenvalue weighted by atomic mass is 9.81. The lowest BCUT2D eigenvalue weighted by Crippen LogP contribution is -2.19. The highest BCUT2D eigenvalue weighted by Gasteiger charge is 2.37. The van der Waals surface area contributed by atoms with Gasteiger partial charge in [0.2, 0.25) is 5.88 Å². The average Bonchev–Trinajstić information content (AvgIpc) is 3.64. The molecule has 0 saturated heterocycles.